The second-order valence-electron chi connectivity index (χ2n) is 27.9. The van der Waals surface area contributed by atoms with Crippen LogP contribution in [0.25, 0.3) is 0 Å². The van der Waals surface area contributed by atoms with Crippen molar-refractivity contribution in [3.63, 3.8) is 0 Å². The third-order valence-corrected chi connectivity index (χ3v) is 20.3. The number of ether oxygens (including phenoxy) is 4. The Morgan fingerprint density at radius 3 is 0.747 bits per heavy atom. The van der Waals surface area contributed by atoms with Crippen molar-refractivity contribution in [2.75, 3.05) is 39.6 Å². The van der Waals surface area contributed by atoms with E-state index < -0.39 is 97.5 Å². The molecular formula is C76H148O17P2. The van der Waals surface area contributed by atoms with Gasteiger partial charge in [-0.3, -0.25) is 37.3 Å². The number of esters is 4. The Morgan fingerprint density at radius 2 is 0.505 bits per heavy atom. The molecular weight excluding hydrogens is 1250 g/mol. The summed E-state index contributed by atoms with van der Waals surface area (Å²) in [6.45, 7) is 9.65. The van der Waals surface area contributed by atoms with Gasteiger partial charge in [-0.1, -0.05) is 343 Å². The van der Waals surface area contributed by atoms with Gasteiger partial charge in [0.15, 0.2) is 12.2 Å². The zero-order chi connectivity index (χ0) is 70.0. The molecule has 0 saturated carbocycles. The van der Waals surface area contributed by atoms with Gasteiger partial charge in [0.05, 0.1) is 26.4 Å². The molecule has 95 heavy (non-hydrogen) atoms. The summed E-state index contributed by atoms with van der Waals surface area (Å²) in [6, 6.07) is 0. The summed E-state index contributed by atoms with van der Waals surface area (Å²) in [5.74, 6) is -0.467. The van der Waals surface area contributed by atoms with Crippen molar-refractivity contribution in [3.05, 3.63) is 0 Å². The first-order valence-corrected chi connectivity index (χ1v) is 42.6. The minimum Gasteiger partial charge on any atom is -0.462 e. The lowest BCUT2D eigenvalue weighted by Gasteiger charge is -2.21. The van der Waals surface area contributed by atoms with Gasteiger partial charge in [-0.05, 0) is 37.5 Å². The van der Waals surface area contributed by atoms with E-state index in [0.717, 1.165) is 108 Å². The highest BCUT2D eigenvalue weighted by molar-refractivity contribution is 7.47. The molecule has 564 valence electrons. The highest BCUT2D eigenvalue weighted by atomic mass is 31.2. The van der Waals surface area contributed by atoms with Gasteiger partial charge < -0.3 is 33.8 Å². The molecule has 19 heteroatoms. The van der Waals surface area contributed by atoms with Gasteiger partial charge in [-0.15, -0.1) is 0 Å². The van der Waals surface area contributed by atoms with Crippen molar-refractivity contribution < 1.29 is 80.2 Å². The summed E-state index contributed by atoms with van der Waals surface area (Å²) < 4.78 is 68.5. The highest BCUT2D eigenvalue weighted by Crippen LogP contribution is 2.45. The number of aliphatic hydroxyl groups excluding tert-OH is 1. The van der Waals surface area contributed by atoms with Crippen LogP contribution >= 0.6 is 15.6 Å². The number of hydrogen-bond acceptors (Lipinski definition) is 15. The first-order valence-electron chi connectivity index (χ1n) is 39.6. The predicted octanol–water partition coefficient (Wildman–Crippen LogP) is 22.3. The zero-order valence-electron chi connectivity index (χ0n) is 62.0. The minimum atomic E-state index is -4.96. The molecule has 0 bridgehead atoms. The Balaban J connectivity index is 5.22. The van der Waals surface area contributed by atoms with E-state index in [1.807, 2.05) is 0 Å². The van der Waals surface area contributed by atoms with Crippen LogP contribution in [0, 0.1) is 11.8 Å². The maximum Gasteiger partial charge on any atom is 0.472 e. The van der Waals surface area contributed by atoms with Crippen molar-refractivity contribution in [1.29, 1.82) is 0 Å². The third-order valence-electron chi connectivity index (χ3n) is 18.4. The van der Waals surface area contributed by atoms with E-state index in [4.69, 9.17) is 37.0 Å². The molecule has 0 aromatic rings. The maximum absolute atomic E-state index is 13.1. The summed E-state index contributed by atoms with van der Waals surface area (Å²) in [7, 11) is -9.91. The molecule has 17 nitrogen and oxygen atoms in total. The van der Waals surface area contributed by atoms with Crippen LogP contribution in [-0.4, -0.2) is 96.7 Å². The molecule has 0 heterocycles. The molecule has 0 saturated heterocycles. The summed E-state index contributed by atoms with van der Waals surface area (Å²) in [5, 5.41) is 10.6. The molecule has 0 radical (unpaired) electrons. The topological polar surface area (TPSA) is 237 Å². The van der Waals surface area contributed by atoms with Crippen LogP contribution in [-0.2, 0) is 65.4 Å². The number of rotatable bonds is 75. The van der Waals surface area contributed by atoms with Crippen LogP contribution in [0.2, 0.25) is 0 Å². The van der Waals surface area contributed by atoms with Crippen LogP contribution in [0.15, 0.2) is 0 Å². The highest BCUT2D eigenvalue weighted by Gasteiger charge is 2.30. The number of hydrogen-bond donors (Lipinski definition) is 3. The van der Waals surface area contributed by atoms with Gasteiger partial charge in [0, 0.05) is 25.7 Å². The monoisotopic (exact) mass is 1400 g/mol. The van der Waals surface area contributed by atoms with E-state index in [2.05, 4.69) is 41.5 Å². The normalized spacial score (nSPS) is 14.6. The first-order chi connectivity index (χ1) is 45.9. The fraction of sp³-hybridized carbons (Fsp3) is 0.947. The molecule has 0 aliphatic heterocycles. The Hall–Kier alpha value is -1.94. The van der Waals surface area contributed by atoms with Gasteiger partial charge in [0.25, 0.3) is 0 Å². The van der Waals surface area contributed by atoms with Gasteiger partial charge in [-0.25, -0.2) is 9.13 Å². The van der Waals surface area contributed by atoms with E-state index in [-0.39, 0.29) is 25.7 Å². The average Bonchev–Trinajstić information content (AvgIpc) is 2.32. The Labute approximate surface area is 581 Å². The van der Waals surface area contributed by atoms with Gasteiger partial charge in [0.2, 0.25) is 0 Å². The molecule has 0 aliphatic rings. The fourth-order valence-electron chi connectivity index (χ4n) is 11.6. The van der Waals surface area contributed by atoms with Crippen LogP contribution in [0.3, 0.4) is 0 Å². The van der Waals surface area contributed by atoms with Gasteiger partial charge in [-0.2, -0.15) is 0 Å². The van der Waals surface area contributed by atoms with Crippen LogP contribution in [0.1, 0.15) is 395 Å². The van der Waals surface area contributed by atoms with Crippen LogP contribution < -0.4 is 0 Å². The lowest BCUT2D eigenvalue weighted by Crippen LogP contribution is -2.30. The third kappa shape index (κ3) is 67.6. The number of carbonyl (C=O) groups is 4. The quantitative estimate of drug-likeness (QED) is 0.0222. The van der Waals surface area contributed by atoms with E-state index >= 15 is 0 Å². The van der Waals surface area contributed by atoms with E-state index in [9.17, 15) is 43.2 Å². The summed E-state index contributed by atoms with van der Waals surface area (Å²) in [6.07, 6.45) is 55.3. The van der Waals surface area contributed by atoms with E-state index in [1.165, 1.54) is 205 Å². The van der Waals surface area contributed by atoms with Crippen molar-refractivity contribution in [3.8, 4) is 0 Å². The molecule has 0 amide bonds. The second-order valence-corrected chi connectivity index (χ2v) is 30.8. The molecule has 3 N–H and O–H groups in total. The van der Waals surface area contributed by atoms with Gasteiger partial charge >= 0.3 is 39.5 Å². The lowest BCUT2D eigenvalue weighted by molar-refractivity contribution is -0.161. The van der Waals surface area contributed by atoms with E-state index in [0.29, 0.717) is 25.7 Å². The molecule has 0 aromatic heterocycles. The van der Waals surface area contributed by atoms with Crippen molar-refractivity contribution in [1.82, 2.24) is 0 Å². The number of unbranched alkanes of at least 4 members (excludes halogenated alkanes) is 43. The molecule has 4 unspecified atom stereocenters. The predicted molar refractivity (Wildman–Crippen MR) is 386 cm³/mol. The number of aliphatic hydroxyl groups is 1. The fourth-order valence-corrected chi connectivity index (χ4v) is 13.2. The lowest BCUT2D eigenvalue weighted by atomic mass is 9.99. The van der Waals surface area contributed by atoms with E-state index in [1.54, 1.807) is 0 Å². The molecule has 0 fully saturated rings. The Kier molecular flexibility index (Phi) is 66.5. The molecule has 0 spiro atoms. The number of phosphoric ester groups is 2. The second kappa shape index (κ2) is 67.9. The molecule has 7 atom stereocenters. The van der Waals surface area contributed by atoms with Crippen molar-refractivity contribution >= 4 is 39.5 Å². The van der Waals surface area contributed by atoms with Crippen LogP contribution in [0.4, 0.5) is 0 Å². The standard InChI is InChI=1S/C76H148O17P2/c1-7-11-13-15-17-19-20-21-22-26-29-35-41-47-53-59-74(79)87-65-72(93-75(80)60-54-48-42-36-30-27-24-23-25-28-33-38-44-50-56-68(5)9-3)67-91-95(84,85)89-63-70(77)62-88-94(82,83)90-66-71(64-86-73(78)58-52-46-40-18-16-14-12-8-2)92-76(81)61-55-49-43-37-32-31-34-39-45-51-57-69(6)10-4/h68-72,77H,7-67H2,1-6H3,(H,82,83)(H,84,85)/t68?,69?,70-,71+,72+/m0/s1. The zero-order valence-corrected chi connectivity index (χ0v) is 63.8. The van der Waals surface area contributed by atoms with Crippen molar-refractivity contribution in [2.45, 2.75) is 413 Å². The summed E-state index contributed by atoms with van der Waals surface area (Å²) >= 11 is 0. The minimum absolute atomic E-state index is 0.106. The molecule has 0 aliphatic carbocycles. The largest absolute Gasteiger partial charge is 0.472 e. The molecule has 0 aromatic carbocycles. The Bertz CT molecular complexity index is 1840. The number of phosphoric acid groups is 2. The molecule has 0 rings (SSSR count). The van der Waals surface area contributed by atoms with Crippen molar-refractivity contribution in [2.24, 2.45) is 11.8 Å². The Morgan fingerprint density at radius 1 is 0.295 bits per heavy atom. The first kappa shape index (κ1) is 93.1. The maximum atomic E-state index is 13.1. The average molecular weight is 1400 g/mol. The number of carbonyl (C=O) groups excluding carboxylic acids is 4. The summed E-state index contributed by atoms with van der Waals surface area (Å²) in [5.41, 5.74) is 0. The van der Waals surface area contributed by atoms with Crippen LogP contribution in [0.5, 0.6) is 0 Å². The SMILES string of the molecule is CCCCCCCCCCCCCCCCCC(=O)OC[C@H](COP(=O)(O)OC[C@@H](O)COP(=O)(O)OC[C@@H](COC(=O)CCCCCCCCCC)OC(=O)CCCCCCCCCCCCC(C)CC)OC(=O)CCCCCCCCCCCCCCCCC(C)CC. The summed E-state index contributed by atoms with van der Waals surface area (Å²) in [4.78, 5) is 72.7. The smallest absolute Gasteiger partial charge is 0.462 e. The van der Waals surface area contributed by atoms with Gasteiger partial charge in [0.1, 0.15) is 19.3 Å².